The SMILES string of the molecule is Cc1ccc([N+]#N)c(Cl)c1.F[B-](F)(F)F. The van der Waals surface area contributed by atoms with Crippen molar-refractivity contribution in [3.05, 3.63) is 33.8 Å². The van der Waals surface area contributed by atoms with Crippen LogP contribution in [-0.4, -0.2) is 7.25 Å². The molecule has 0 aliphatic heterocycles. The average molecular weight is 240 g/mol. The lowest BCUT2D eigenvalue weighted by atomic mass is 10.2. The van der Waals surface area contributed by atoms with Gasteiger partial charge in [-0.25, -0.2) is 0 Å². The second-order valence-corrected chi connectivity index (χ2v) is 2.96. The molecule has 82 valence electrons. The van der Waals surface area contributed by atoms with Crippen LogP contribution in [0.5, 0.6) is 0 Å². The Labute approximate surface area is 88.6 Å². The van der Waals surface area contributed by atoms with Gasteiger partial charge in [-0.1, -0.05) is 17.7 Å². The largest absolute Gasteiger partial charge is 0.673 e. The van der Waals surface area contributed by atoms with Crippen molar-refractivity contribution in [1.82, 2.24) is 0 Å². The minimum absolute atomic E-state index is 0.410. The monoisotopic (exact) mass is 240 g/mol. The lowest BCUT2D eigenvalue weighted by molar-refractivity contribution is 0.368. The average Bonchev–Trinajstić information content (AvgIpc) is 2.01. The van der Waals surface area contributed by atoms with Gasteiger partial charge in [-0.15, -0.1) is 0 Å². The minimum Gasteiger partial charge on any atom is -0.418 e. The molecule has 0 bridgehead atoms. The number of aryl methyl sites for hydroxylation is 1. The van der Waals surface area contributed by atoms with E-state index < -0.39 is 7.25 Å². The molecule has 0 saturated carbocycles. The van der Waals surface area contributed by atoms with Crippen LogP contribution in [0.2, 0.25) is 5.02 Å². The second kappa shape index (κ2) is 5.56. The van der Waals surface area contributed by atoms with Gasteiger partial charge in [-0.3, -0.25) is 0 Å². The highest BCUT2D eigenvalue weighted by Crippen LogP contribution is 2.24. The zero-order chi connectivity index (χ0) is 12.1. The molecule has 0 amide bonds. The second-order valence-electron chi connectivity index (χ2n) is 2.55. The first kappa shape index (κ1) is 13.7. The highest BCUT2D eigenvalue weighted by Gasteiger charge is 2.20. The summed E-state index contributed by atoms with van der Waals surface area (Å²) in [6.07, 6.45) is 0. The lowest BCUT2D eigenvalue weighted by Gasteiger charge is -1.94. The van der Waals surface area contributed by atoms with Crippen molar-refractivity contribution in [3.8, 4) is 0 Å². The molecule has 2 nitrogen and oxygen atoms in total. The van der Waals surface area contributed by atoms with Crippen molar-refractivity contribution in [2.75, 3.05) is 0 Å². The molecular weight excluding hydrogens is 234 g/mol. The molecule has 1 aromatic rings. The van der Waals surface area contributed by atoms with Gasteiger partial charge in [0.25, 0.3) is 0 Å². The van der Waals surface area contributed by atoms with Crippen LogP contribution in [0.4, 0.5) is 23.0 Å². The molecule has 0 aliphatic rings. The molecule has 0 spiro atoms. The molecule has 0 atom stereocenters. The van der Waals surface area contributed by atoms with Crippen LogP contribution in [0.1, 0.15) is 5.56 Å². The predicted molar refractivity (Wildman–Crippen MR) is 51.1 cm³/mol. The molecule has 8 heteroatoms. The molecule has 0 aliphatic carbocycles. The number of rotatable bonds is 0. The van der Waals surface area contributed by atoms with Crippen molar-refractivity contribution in [3.63, 3.8) is 0 Å². The maximum absolute atomic E-state index is 9.75. The minimum atomic E-state index is -6.00. The Kier molecular flexibility index (Phi) is 5.08. The van der Waals surface area contributed by atoms with Gasteiger partial charge in [-0.05, 0) is 18.6 Å². The zero-order valence-electron chi connectivity index (χ0n) is 7.59. The van der Waals surface area contributed by atoms with E-state index in [-0.39, 0.29) is 0 Å². The number of diazo groups is 1. The van der Waals surface area contributed by atoms with Gasteiger partial charge in [0.1, 0.15) is 5.02 Å². The van der Waals surface area contributed by atoms with E-state index in [0.717, 1.165) is 5.56 Å². The van der Waals surface area contributed by atoms with Crippen molar-refractivity contribution < 1.29 is 17.3 Å². The first-order valence-electron chi connectivity index (χ1n) is 3.72. The summed E-state index contributed by atoms with van der Waals surface area (Å²) in [5, 5.41) is 8.82. The Bertz CT molecular complexity index is 368. The third kappa shape index (κ3) is 7.76. The van der Waals surface area contributed by atoms with Gasteiger partial charge in [0.05, 0.1) is 0 Å². The van der Waals surface area contributed by atoms with Gasteiger partial charge in [0.2, 0.25) is 5.39 Å². The maximum atomic E-state index is 9.75. The van der Waals surface area contributed by atoms with E-state index in [2.05, 4.69) is 4.98 Å². The normalized spacial score (nSPS) is 9.93. The van der Waals surface area contributed by atoms with Crippen LogP contribution in [-0.2, 0) is 0 Å². The molecule has 0 aromatic heterocycles. The van der Waals surface area contributed by atoms with Gasteiger partial charge >= 0.3 is 12.9 Å². The fourth-order valence-corrected chi connectivity index (χ4v) is 0.966. The van der Waals surface area contributed by atoms with Crippen molar-refractivity contribution in [2.24, 2.45) is 0 Å². The number of hydrogen-bond donors (Lipinski definition) is 0. The van der Waals surface area contributed by atoms with E-state index in [4.69, 9.17) is 17.0 Å². The first-order valence-corrected chi connectivity index (χ1v) is 4.10. The van der Waals surface area contributed by atoms with Gasteiger partial charge in [0, 0.05) is 6.07 Å². The fraction of sp³-hybridized carbons (Fsp3) is 0.143. The predicted octanol–water partition coefficient (Wildman–Crippen LogP) is 4.43. The summed E-state index contributed by atoms with van der Waals surface area (Å²) < 4.78 is 39.0. The van der Waals surface area contributed by atoms with Crippen LogP contribution >= 0.6 is 11.6 Å². The summed E-state index contributed by atoms with van der Waals surface area (Å²) in [5.74, 6) is 0. The molecule has 0 radical (unpaired) electrons. The highest BCUT2D eigenvalue weighted by molar-refractivity contribution is 6.50. The van der Waals surface area contributed by atoms with E-state index in [1.54, 1.807) is 12.1 Å². The molecule has 0 heterocycles. The lowest BCUT2D eigenvalue weighted by Crippen LogP contribution is -2.02. The van der Waals surface area contributed by atoms with Crippen LogP contribution < -0.4 is 0 Å². The van der Waals surface area contributed by atoms with Gasteiger partial charge < -0.3 is 17.3 Å². The fourth-order valence-electron chi connectivity index (χ4n) is 0.693. The van der Waals surface area contributed by atoms with E-state index in [1.807, 2.05) is 13.0 Å². The van der Waals surface area contributed by atoms with Gasteiger partial charge in [-0.2, -0.15) is 0 Å². The Morgan fingerprint density at radius 2 is 1.73 bits per heavy atom. The molecule has 1 rings (SSSR count). The quantitative estimate of drug-likeness (QED) is 0.374. The zero-order valence-corrected chi connectivity index (χ0v) is 8.35. The number of benzene rings is 1. The number of hydrogen-bond acceptors (Lipinski definition) is 1. The summed E-state index contributed by atoms with van der Waals surface area (Å²) >= 11 is 5.68. The summed E-state index contributed by atoms with van der Waals surface area (Å²) in [6.45, 7) is 1.92. The molecular formula is C7H6BClF4N2. The Morgan fingerprint density at radius 1 is 1.27 bits per heavy atom. The topological polar surface area (TPSA) is 28.1 Å². The third-order valence-electron chi connectivity index (χ3n) is 1.21. The highest BCUT2D eigenvalue weighted by atomic mass is 35.5. The molecule has 0 saturated heterocycles. The Hall–Kier alpha value is -1.29. The van der Waals surface area contributed by atoms with E-state index in [9.17, 15) is 17.3 Å². The van der Waals surface area contributed by atoms with E-state index in [1.165, 1.54) is 0 Å². The summed E-state index contributed by atoms with van der Waals surface area (Å²) in [6, 6.07) is 5.25. The summed E-state index contributed by atoms with van der Waals surface area (Å²) in [4.78, 5) is 2.98. The van der Waals surface area contributed by atoms with Crippen molar-refractivity contribution in [2.45, 2.75) is 6.92 Å². The van der Waals surface area contributed by atoms with Crippen LogP contribution in [0.3, 0.4) is 0 Å². The smallest absolute Gasteiger partial charge is 0.418 e. The molecule has 15 heavy (non-hydrogen) atoms. The van der Waals surface area contributed by atoms with Gasteiger partial charge in [0.15, 0.2) is 4.98 Å². The summed E-state index contributed by atoms with van der Waals surface area (Å²) in [5.41, 5.74) is 1.46. The van der Waals surface area contributed by atoms with Crippen molar-refractivity contribution >= 4 is 24.5 Å². The van der Waals surface area contributed by atoms with Crippen LogP contribution in [0.25, 0.3) is 4.98 Å². The Balaban J connectivity index is 0.000000336. The number of halogens is 5. The molecule has 0 N–H and O–H groups in total. The third-order valence-corrected chi connectivity index (χ3v) is 1.51. The standard InChI is InChI=1S/C7H6ClN2.BF4/c1-5-2-3-7(10-9)6(8)4-5;2-1(3,4)5/h2-4H,1H3;/q+1;-1. The Morgan fingerprint density at radius 3 is 2.07 bits per heavy atom. The van der Waals surface area contributed by atoms with Crippen LogP contribution in [0, 0.1) is 12.3 Å². The summed E-state index contributed by atoms with van der Waals surface area (Å²) in [7, 11) is -6.00. The van der Waals surface area contributed by atoms with Crippen LogP contribution in [0.15, 0.2) is 18.2 Å². The first-order chi connectivity index (χ1) is 6.74. The van der Waals surface area contributed by atoms with Crippen molar-refractivity contribution in [1.29, 1.82) is 5.39 Å². The molecule has 1 aromatic carbocycles. The number of nitrogens with zero attached hydrogens (tertiary/aromatic N) is 2. The molecule has 0 fully saturated rings. The molecule has 0 unspecified atom stereocenters. The van der Waals surface area contributed by atoms with E-state index >= 15 is 0 Å². The van der Waals surface area contributed by atoms with E-state index in [0.29, 0.717) is 10.7 Å². The maximum Gasteiger partial charge on any atom is 0.673 e.